The predicted molar refractivity (Wildman–Crippen MR) is 33.5 cm³/mol. The smallest absolute Gasteiger partial charge is 0.747 e. The summed E-state index contributed by atoms with van der Waals surface area (Å²) in [5.74, 6) is 0. The molecule has 0 spiro atoms. The number of hydrogen-bond acceptors (Lipinski definition) is 6. The molecule has 0 rings (SSSR count). The van der Waals surface area contributed by atoms with E-state index >= 15 is 0 Å². The van der Waals surface area contributed by atoms with E-state index in [4.69, 9.17) is 0 Å². The summed E-state index contributed by atoms with van der Waals surface area (Å²) in [6.07, 6.45) is -0.516. The van der Waals surface area contributed by atoms with Crippen LogP contribution in [0.4, 0.5) is 0 Å². The van der Waals surface area contributed by atoms with Crippen LogP contribution in [0.3, 0.4) is 0 Å². The van der Waals surface area contributed by atoms with E-state index in [9.17, 15) is 25.9 Å². The van der Waals surface area contributed by atoms with E-state index in [1.165, 1.54) is 0 Å². The molecule has 0 radical (unpaired) electrons. The Morgan fingerprint density at radius 2 is 1.23 bits per heavy atom. The minimum atomic E-state index is -5.02. The van der Waals surface area contributed by atoms with Gasteiger partial charge in [-0.25, -0.2) is 16.8 Å². The van der Waals surface area contributed by atoms with Crippen LogP contribution >= 0.6 is 0 Å². The second-order valence-electron chi connectivity index (χ2n) is 1.82. The van der Waals surface area contributed by atoms with Crippen molar-refractivity contribution in [1.82, 2.24) is 0 Å². The van der Waals surface area contributed by atoms with E-state index in [2.05, 4.69) is 0 Å². The van der Waals surface area contributed by atoms with Crippen LogP contribution in [0.2, 0.25) is 0 Å². The van der Waals surface area contributed by atoms with Crippen molar-refractivity contribution in [3.63, 3.8) is 0 Å². The van der Waals surface area contributed by atoms with Gasteiger partial charge in [-0.3, -0.25) is 0 Å². The maximum atomic E-state index is 10.1. The zero-order chi connectivity index (χ0) is 9.28. The van der Waals surface area contributed by atoms with Crippen LogP contribution in [-0.4, -0.2) is 30.5 Å². The molecule has 0 saturated carbocycles. The monoisotopic (exact) mass is 280 g/mol. The molecule has 0 heterocycles. The molecule has 0 bridgehead atoms. The molecule has 0 aliphatic carbocycles. The first-order valence-electron chi connectivity index (χ1n) is 2.59. The molecule has 0 amide bonds. The van der Waals surface area contributed by atoms with E-state index in [-0.39, 0.29) is 103 Å². The van der Waals surface area contributed by atoms with E-state index in [0.717, 1.165) is 6.92 Å². The minimum absolute atomic E-state index is 0. The minimum Gasteiger partial charge on any atom is -0.747 e. The molecule has 68 valence electrons. The molecule has 0 unspecified atom stereocenters. The molecule has 0 N–H and O–H groups in total. The van der Waals surface area contributed by atoms with E-state index in [1.807, 2.05) is 0 Å². The fraction of sp³-hybridized carbons (Fsp3) is 1.00. The Labute approximate surface area is 163 Å². The molecule has 0 aliphatic heterocycles. The van der Waals surface area contributed by atoms with Gasteiger partial charge in [-0.05, 0) is 6.42 Å². The first-order chi connectivity index (χ1) is 4.69. The van der Waals surface area contributed by atoms with Crippen LogP contribution in [0.1, 0.15) is 13.3 Å². The summed E-state index contributed by atoms with van der Waals surface area (Å²) < 4.78 is 58.1. The molecule has 0 aromatic heterocycles. The largest absolute Gasteiger partial charge is 1.00 e. The molecule has 0 fully saturated rings. The molecule has 0 aliphatic rings. The van der Waals surface area contributed by atoms with Crippen molar-refractivity contribution in [3.05, 3.63) is 0 Å². The van der Waals surface area contributed by atoms with Crippen molar-refractivity contribution in [2.24, 2.45) is 0 Å². The fourth-order valence-corrected chi connectivity index (χ4v) is 2.52. The van der Waals surface area contributed by atoms with Crippen LogP contribution in [0, 0.1) is 0 Å². The van der Waals surface area contributed by atoms with Crippen molar-refractivity contribution >= 4 is 20.2 Å². The quantitative estimate of drug-likeness (QED) is 0.375. The molecule has 0 aromatic carbocycles. The molecule has 6 nitrogen and oxygen atoms in total. The second-order valence-corrected chi connectivity index (χ2v) is 5.23. The molecule has 0 atom stereocenters. The van der Waals surface area contributed by atoms with Crippen molar-refractivity contribution in [2.45, 2.75) is 17.9 Å². The van der Waals surface area contributed by atoms with Crippen LogP contribution in [0.25, 0.3) is 0 Å². The van der Waals surface area contributed by atoms with Gasteiger partial charge >= 0.3 is 103 Å². The third-order valence-corrected chi connectivity index (χ3v) is 4.35. The van der Waals surface area contributed by atoms with E-state index in [1.54, 1.807) is 0 Å². The molecular formula is C3H6K2O6S2. The van der Waals surface area contributed by atoms with Crippen molar-refractivity contribution < 1.29 is 129 Å². The Balaban J connectivity index is -0.000000500. The Morgan fingerprint density at radius 3 is 1.23 bits per heavy atom. The van der Waals surface area contributed by atoms with Gasteiger partial charge in [-0.15, -0.1) is 0 Å². The zero-order valence-electron chi connectivity index (χ0n) is 7.55. The van der Waals surface area contributed by atoms with Gasteiger partial charge in [-0.1, -0.05) is 6.92 Å². The van der Waals surface area contributed by atoms with Crippen molar-refractivity contribution in [2.75, 3.05) is 0 Å². The van der Waals surface area contributed by atoms with Gasteiger partial charge in [0.15, 0.2) is 0 Å². The summed E-state index contributed by atoms with van der Waals surface area (Å²) >= 11 is 0. The summed E-state index contributed by atoms with van der Waals surface area (Å²) in [5, 5.41) is 0. The fourth-order valence-electron chi connectivity index (χ4n) is 0.553. The van der Waals surface area contributed by atoms with E-state index in [0.29, 0.717) is 0 Å². The average Bonchev–Trinajstić information content (AvgIpc) is 1.56. The number of rotatable bonds is 3. The second kappa shape index (κ2) is 8.22. The van der Waals surface area contributed by atoms with Crippen LogP contribution < -0.4 is 103 Å². The van der Waals surface area contributed by atoms with Crippen LogP contribution in [0.15, 0.2) is 0 Å². The van der Waals surface area contributed by atoms with Gasteiger partial charge in [0.2, 0.25) is 0 Å². The van der Waals surface area contributed by atoms with Gasteiger partial charge in [-0.2, -0.15) is 0 Å². The molecule has 13 heavy (non-hydrogen) atoms. The van der Waals surface area contributed by atoms with E-state index < -0.39 is 31.2 Å². The summed E-state index contributed by atoms with van der Waals surface area (Å²) in [5.41, 5.74) is 0. The Bertz CT molecular complexity index is 286. The average molecular weight is 280 g/mol. The first kappa shape index (κ1) is 21.4. The zero-order valence-corrected chi connectivity index (χ0v) is 15.4. The maximum absolute atomic E-state index is 10.1. The van der Waals surface area contributed by atoms with Gasteiger partial charge < -0.3 is 9.11 Å². The SMILES string of the molecule is CCC(S(=O)(=O)[O-])S(=O)(=O)[O-].[K+].[K+]. The van der Waals surface area contributed by atoms with Crippen molar-refractivity contribution in [1.29, 1.82) is 0 Å². The van der Waals surface area contributed by atoms with Gasteiger partial charge in [0.1, 0.15) is 24.8 Å². The maximum Gasteiger partial charge on any atom is 1.00 e. The predicted octanol–water partition coefficient (Wildman–Crippen LogP) is -7.18. The third kappa shape index (κ3) is 8.86. The summed E-state index contributed by atoms with van der Waals surface area (Å²) in [6.45, 7) is 1.13. The third-order valence-electron chi connectivity index (χ3n) is 0.977. The first-order valence-corrected chi connectivity index (χ1v) is 5.53. The summed E-state index contributed by atoms with van der Waals surface area (Å²) in [4.78, 5) is 0. The summed E-state index contributed by atoms with van der Waals surface area (Å²) in [6, 6.07) is 0. The van der Waals surface area contributed by atoms with Gasteiger partial charge in [0.05, 0.1) is 0 Å². The number of hydrogen-bond donors (Lipinski definition) is 0. The summed E-state index contributed by atoms with van der Waals surface area (Å²) in [7, 11) is -10.0. The Hall–Kier alpha value is 3.09. The van der Waals surface area contributed by atoms with Crippen LogP contribution in [0.5, 0.6) is 0 Å². The normalized spacial score (nSPS) is 11.7. The van der Waals surface area contributed by atoms with Crippen molar-refractivity contribution in [3.8, 4) is 0 Å². The standard InChI is InChI=1S/C3H8O6S2.2K/c1-2-3(10(4,5)6)11(7,8)9;;/h3H,2H2,1H3,(H,4,5,6)(H,7,8,9);;/q;2*+1/p-2. The topological polar surface area (TPSA) is 114 Å². The Morgan fingerprint density at radius 1 is 1.00 bits per heavy atom. The Kier molecular flexibility index (Phi) is 13.5. The van der Waals surface area contributed by atoms with Gasteiger partial charge in [0.25, 0.3) is 0 Å². The molecular weight excluding hydrogens is 274 g/mol. The molecule has 10 heteroatoms. The molecule has 0 saturated heterocycles. The molecule has 0 aromatic rings. The van der Waals surface area contributed by atoms with Gasteiger partial charge in [0, 0.05) is 0 Å². The van der Waals surface area contributed by atoms with Crippen LogP contribution in [-0.2, 0) is 20.2 Å².